The molecule has 0 heterocycles. The Morgan fingerprint density at radius 1 is 1.09 bits per heavy atom. The van der Waals surface area contributed by atoms with E-state index in [1.54, 1.807) is 12.1 Å². The number of thioether (sulfide) groups is 1. The second-order valence-corrected chi connectivity index (χ2v) is 8.16. The third kappa shape index (κ3) is 9.90. The molecule has 2 aromatic rings. The number of carboxylic acid groups (broad SMARTS) is 1. The van der Waals surface area contributed by atoms with E-state index in [1.165, 1.54) is 30.1 Å². The van der Waals surface area contributed by atoms with Gasteiger partial charge in [-0.1, -0.05) is 64.4 Å². The molecule has 3 N–H and O–H groups in total. The summed E-state index contributed by atoms with van der Waals surface area (Å²) in [6.45, 7) is 0. The monoisotopic (exact) mass is 535 g/mol. The maximum Gasteiger partial charge on any atom is 0.333 e. The van der Waals surface area contributed by atoms with Crippen molar-refractivity contribution >= 4 is 64.5 Å². The Morgan fingerprint density at radius 3 is 2.34 bits per heavy atom. The predicted octanol–water partition coefficient (Wildman–Crippen LogP) is 1.46. The van der Waals surface area contributed by atoms with Crippen LogP contribution < -0.4 is 5.32 Å². The van der Waals surface area contributed by atoms with Crippen LogP contribution in [0.15, 0.2) is 75.0 Å². The molecule has 0 aliphatic heterocycles. The molecule has 1 atom stereocenters. The first-order chi connectivity index (χ1) is 14.9. The largest absolute Gasteiger partial charge is 0.508 e. The molecule has 0 amide bonds. The quantitative estimate of drug-likeness (QED) is 0.155. The fraction of sp³-hybridized carbons (Fsp3) is 0.150. The van der Waals surface area contributed by atoms with Crippen molar-refractivity contribution < 1.29 is 31.5 Å². The number of hydrogen-bond acceptors (Lipinski definition) is 7. The van der Waals surface area contributed by atoms with Crippen molar-refractivity contribution in [3.8, 4) is 5.75 Å². The summed E-state index contributed by atoms with van der Waals surface area (Å²) in [7, 11) is 0. The first-order valence-corrected chi connectivity index (χ1v) is 11.2. The Balaban J connectivity index is 0.00000512. The van der Waals surface area contributed by atoms with E-state index in [0.717, 1.165) is 11.1 Å². The number of carboxylic acids is 1. The number of hydrogen-bond donors (Lipinski definition) is 3. The Morgan fingerprint density at radius 2 is 1.75 bits per heavy atom. The third-order valence-electron chi connectivity index (χ3n) is 3.83. The van der Waals surface area contributed by atoms with Crippen molar-refractivity contribution in [3.05, 3.63) is 65.7 Å². The van der Waals surface area contributed by atoms with E-state index in [0.29, 0.717) is 10.1 Å². The van der Waals surface area contributed by atoms with Crippen LogP contribution in [0.2, 0.25) is 0 Å². The summed E-state index contributed by atoms with van der Waals surface area (Å²) in [5.41, 5.74) is 1.95. The molecule has 1 unspecified atom stereocenters. The Bertz CT molecular complexity index is 999. The minimum Gasteiger partial charge on any atom is -0.508 e. The molecule has 8 nitrogen and oxygen atoms in total. The number of rotatable bonds is 8. The standard InChI is InChI=1S/C20H21N5O3S3.Ni/c1-31-20(30)25-21-12-17(14-5-3-2-4-6-14)23-24-19(29)22-16(18(27)28)11-13-7-9-15(26)10-8-13;/h2-10,12,16,26H,11H2,1H3,(H,25,30)(H,27,28)(H2,22,24,29);/p+2/b21-12+,23-17-;. The second-order valence-electron chi connectivity index (χ2n) is 6.06. The zero-order chi connectivity index (χ0) is 22.6. The molecule has 0 aliphatic rings. The Labute approximate surface area is 211 Å². The minimum absolute atomic E-state index is 0. The van der Waals surface area contributed by atoms with Crippen LogP contribution in [0.3, 0.4) is 0 Å². The van der Waals surface area contributed by atoms with Crippen LogP contribution in [0.4, 0.5) is 0 Å². The van der Waals surface area contributed by atoms with Gasteiger partial charge >= 0.3 is 11.1 Å². The van der Waals surface area contributed by atoms with Gasteiger partial charge in [-0.15, -0.1) is 5.10 Å². The van der Waals surface area contributed by atoms with Crippen LogP contribution in [0, 0.1) is 0 Å². The van der Waals surface area contributed by atoms with Gasteiger partial charge in [0.05, 0.1) is 6.21 Å². The summed E-state index contributed by atoms with van der Waals surface area (Å²) in [6.07, 6.45) is 3.50. The third-order valence-corrected chi connectivity index (χ3v) is 5.26. The van der Waals surface area contributed by atoms with Crippen molar-refractivity contribution in [3.63, 3.8) is 0 Å². The second kappa shape index (κ2) is 14.7. The number of benzene rings is 2. The predicted molar refractivity (Wildman–Crippen MR) is 137 cm³/mol. The topological polar surface area (TPSA) is 119 Å². The molecular formula is C20H23N5NiO3S3+2. The molecular weight excluding hydrogens is 513 g/mol. The van der Waals surface area contributed by atoms with Crippen molar-refractivity contribution in [2.45, 2.75) is 12.5 Å². The maximum absolute atomic E-state index is 11.6. The van der Waals surface area contributed by atoms with Crippen LogP contribution in [-0.2, 0) is 53.0 Å². The number of amidine groups is 1. The summed E-state index contributed by atoms with van der Waals surface area (Å²) in [5.74, 6) is -0.937. The van der Waals surface area contributed by atoms with E-state index in [9.17, 15) is 15.0 Å². The van der Waals surface area contributed by atoms with Crippen LogP contribution >= 0.6 is 11.8 Å². The molecule has 2 rings (SSSR count). The van der Waals surface area contributed by atoms with Gasteiger partial charge in [0.2, 0.25) is 0 Å². The number of nitrogens with zero attached hydrogens (tertiary/aromatic N) is 4. The summed E-state index contributed by atoms with van der Waals surface area (Å²) in [4.78, 5) is 11.6. The molecule has 0 bridgehead atoms. The van der Waals surface area contributed by atoms with Gasteiger partial charge in [0.1, 0.15) is 17.5 Å². The van der Waals surface area contributed by atoms with E-state index in [4.69, 9.17) is 0 Å². The van der Waals surface area contributed by atoms with Gasteiger partial charge in [-0.05, 0) is 24.0 Å². The van der Waals surface area contributed by atoms with Crippen LogP contribution in [0.25, 0.3) is 0 Å². The maximum atomic E-state index is 11.6. The smallest absolute Gasteiger partial charge is 0.333 e. The van der Waals surface area contributed by atoms with Crippen LogP contribution in [0.1, 0.15) is 11.1 Å². The van der Waals surface area contributed by atoms with Crippen molar-refractivity contribution in [2.24, 2.45) is 20.4 Å². The SMILES string of the molecule is CS/C([SH2+])=N/N=C/C(=N/N=C(\[SH2+])NC(Cc1ccc(O)cc1)C(=O)O)c1ccccc1.[Ni]. The number of carbonyl (C=O) groups is 1. The summed E-state index contributed by atoms with van der Waals surface area (Å²) in [6, 6.07) is 14.7. The van der Waals surface area contributed by atoms with Crippen molar-refractivity contribution in [2.75, 3.05) is 6.26 Å². The zero-order valence-electron chi connectivity index (χ0n) is 16.9. The minimum atomic E-state index is -1.05. The molecule has 32 heavy (non-hydrogen) atoms. The van der Waals surface area contributed by atoms with E-state index in [1.807, 2.05) is 36.6 Å². The van der Waals surface area contributed by atoms with E-state index >= 15 is 0 Å². The molecule has 0 saturated heterocycles. The normalized spacial score (nSPS) is 13.5. The number of aromatic hydroxyl groups is 1. The van der Waals surface area contributed by atoms with Gasteiger partial charge in [-0.3, -0.25) is 0 Å². The van der Waals surface area contributed by atoms with Crippen molar-refractivity contribution in [1.82, 2.24) is 5.32 Å². The summed E-state index contributed by atoms with van der Waals surface area (Å²) in [5, 5.41) is 38.0. The van der Waals surface area contributed by atoms with Gasteiger partial charge in [0, 0.05) is 53.7 Å². The van der Waals surface area contributed by atoms with Gasteiger partial charge in [-0.2, -0.15) is 5.10 Å². The number of aliphatic carboxylic acids is 1. The van der Waals surface area contributed by atoms with Gasteiger partial charge in [0.25, 0.3) is 4.38 Å². The Hall–Kier alpha value is -2.27. The number of nitrogens with one attached hydrogen (secondary N) is 1. The molecule has 172 valence electrons. The van der Waals surface area contributed by atoms with Gasteiger partial charge in [-0.25, -0.2) is 4.79 Å². The molecule has 0 fully saturated rings. The molecule has 12 heteroatoms. The molecule has 0 spiro atoms. The molecule has 0 radical (unpaired) electrons. The summed E-state index contributed by atoms with van der Waals surface area (Å²) >= 11 is 7.99. The average molecular weight is 536 g/mol. The summed E-state index contributed by atoms with van der Waals surface area (Å²) < 4.78 is 0.605. The van der Waals surface area contributed by atoms with E-state index in [-0.39, 0.29) is 33.8 Å². The molecule has 2 aromatic carbocycles. The zero-order valence-corrected chi connectivity index (χ0v) is 20.7. The van der Waals surface area contributed by atoms with Crippen LogP contribution in [-0.4, -0.2) is 49.9 Å². The molecule has 0 saturated carbocycles. The number of phenolic OH excluding ortho intramolecular Hbond substituents is 1. The first kappa shape index (κ1) is 27.8. The van der Waals surface area contributed by atoms with E-state index in [2.05, 4.69) is 51.0 Å². The number of phenols is 1. The van der Waals surface area contributed by atoms with E-state index < -0.39 is 12.0 Å². The Kier molecular flexibility index (Phi) is 12.8. The first-order valence-electron chi connectivity index (χ1n) is 8.95. The van der Waals surface area contributed by atoms with Gasteiger partial charge < -0.3 is 15.5 Å². The fourth-order valence-electron chi connectivity index (χ4n) is 2.31. The fourth-order valence-corrected chi connectivity index (χ4v) is 2.72. The van der Waals surface area contributed by atoms with Gasteiger partial charge in [0.15, 0.2) is 0 Å². The van der Waals surface area contributed by atoms with Crippen molar-refractivity contribution in [1.29, 1.82) is 0 Å². The van der Waals surface area contributed by atoms with Crippen LogP contribution in [0.5, 0.6) is 5.75 Å². The molecule has 0 aliphatic carbocycles. The molecule has 0 aromatic heterocycles. The average Bonchev–Trinajstić information content (AvgIpc) is 2.77.